The van der Waals surface area contributed by atoms with Gasteiger partial charge in [-0.25, -0.2) is 0 Å². The molecule has 1 aliphatic carbocycles. The zero-order valence-electron chi connectivity index (χ0n) is 20.0. The lowest BCUT2D eigenvalue weighted by atomic mass is 9.86. The summed E-state index contributed by atoms with van der Waals surface area (Å²) in [5.41, 5.74) is 1.75. The van der Waals surface area contributed by atoms with Crippen LogP contribution in [0.1, 0.15) is 61.5 Å². The average molecular weight is 530 g/mol. The van der Waals surface area contributed by atoms with Gasteiger partial charge in [0, 0.05) is 16.4 Å². The van der Waals surface area contributed by atoms with Gasteiger partial charge in [-0.2, -0.15) is 5.26 Å². The summed E-state index contributed by atoms with van der Waals surface area (Å²) in [6.07, 6.45) is 3.81. The molecule has 7 nitrogen and oxygen atoms in total. The summed E-state index contributed by atoms with van der Waals surface area (Å²) in [6.45, 7) is 6.76. The number of rotatable bonds is 9. The molecule has 0 spiro atoms. The first-order valence-electron chi connectivity index (χ1n) is 11.8. The van der Waals surface area contributed by atoms with E-state index in [-0.39, 0.29) is 17.8 Å². The van der Waals surface area contributed by atoms with Crippen LogP contribution in [0.5, 0.6) is 5.75 Å². The Morgan fingerprint density at radius 2 is 2.26 bits per heavy atom. The summed E-state index contributed by atoms with van der Waals surface area (Å²) in [4.78, 5) is 14.0. The zero-order valence-corrected chi connectivity index (χ0v) is 22.4. The normalized spacial score (nSPS) is 15.8. The average Bonchev–Trinajstić information content (AvgIpc) is 3.42. The van der Waals surface area contributed by atoms with Crippen LogP contribution in [-0.4, -0.2) is 26.4 Å². The van der Waals surface area contributed by atoms with Crippen LogP contribution in [0.15, 0.2) is 29.4 Å². The van der Waals surface area contributed by atoms with E-state index >= 15 is 0 Å². The number of benzene rings is 1. The van der Waals surface area contributed by atoms with Gasteiger partial charge in [0.15, 0.2) is 17.1 Å². The van der Waals surface area contributed by atoms with E-state index < -0.39 is 0 Å². The molecule has 0 fully saturated rings. The molecule has 2 atom stereocenters. The predicted molar refractivity (Wildman–Crippen MR) is 140 cm³/mol. The van der Waals surface area contributed by atoms with Crippen LogP contribution in [-0.2, 0) is 24.2 Å². The monoisotopic (exact) mass is 529 g/mol. The van der Waals surface area contributed by atoms with Gasteiger partial charge in [-0.3, -0.25) is 4.79 Å². The fraction of sp³-hybridized carbons (Fsp3) is 0.440. The van der Waals surface area contributed by atoms with E-state index in [0.717, 1.165) is 31.2 Å². The minimum atomic E-state index is -0.341. The first-order chi connectivity index (χ1) is 16.9. The number of carbonyl (C=O) groups is 1. The van der Waals surface area contributed by atoms with Crippen LogP contribution in [0.4, 0.5) is 5.00 Å². The minimum absolute atomic E-state index is 0.160. The number of aromatic nitrogens is 3. The minimum Gasteiger partial charge on any atom is -0.483 e. The molecule has 3 aromatic rings. The number of nitrogens with zero attached hydrogens (tertiary/aromatic N) is 4. The molecule has 4 rings (SSSR count). The molecular formula is C25H28ClN5O2S2. The van der Waals surface area contributed by atoms with Crippen LogP contribution in [0.3, 0.4) is 0 Å². The number of hydrogen-bond acceptors (Lipinski definition) is 7. The third kappa shape index (κ3) is 5.83. The number of nitrogens with one attached hydrogen (secondary N) is 1. The Labute approximate surface area is 218 Å². The fourth-order valence-electron chi connectivity index (χ4n) is 4.30. The quantitative estimate of drug-likeness (QED) is 0.328. The van der Waals surface area contributed by atoms with Gasteiger partial charge in [-0.1, -0.05) is 42.8 Å². The van der Waals surface area contributed by atoms with Gasteiger partial charge in [-0.15, -0.1) is 21.5 Å². The lowest BCUT2D eigenvalue weighted by molar-refractivity contribution is -0.113. The summed E-state index contributed by atoms with van der Waals surface area (Å²) >= 11 is 8.93. The number of nitriles is 1. The number of amides is 1. The number of ether oxygens (including phenoxy) is 1. The summed E-state index contributed by atoms with van der Waals surface area (Å²) in [7, 11) is 0. The maximum atomic E-state index is 12.8. The highest BCUT2D eigenvalue weighted by Crippen LogP contribution is 2.40. The predicted octanol–water partition coefficient (Wildman–Crippen LogP) is 6.27. The van der Waals surface area contributed by atoms with Crippen molar-refractivity contribution in [2.45, 2.75) is 64.3 Å². The molecular weight excluding hydrogens is 502 g/mol. The van der Waals surface area contributed by atoms with Gasteiger partial charge in [0.25, 0.3) is 0 Å². The molecule has 10 heteroatoms. The standard InChI is InChI=1S/C25H28ClN5O2S2/c1-4-16-9-10-19-20(13-27)24(35-21(19)11-16)28-22(32)14-34-25-30-29-23(31(25)5-2)15(3)33-18-8-6-7-17(26)12-18/h6-8,12,15-16H,4-5,9-11,14H2,1-3H3,(H,28,32). The van der Waals surface area contributed by atoms with Gasteiger partial charge in [0.05, 0.1) is 11.3 Å². The van der Waals surface area contributed by atoms with Crippen molar-refractivity contribution in [3.8, 4) is 11.8 Å². The largest absolute Gasteiger partial charge is 0.483 e. The molecule has 184 valence electrons. The topological polar surface area (TPSA) is 92.8 Å². The number of halogens is 1. The van der Waals surface area contributed by atoms with E-state index in [1.54, 1.807) is 23.5 Å². The molecule has 2 unspecified atom stereocenters. The SMILES string of the molecule is CCC1CCc2c(sc(NC(=O)CSc3nnc(C(C)Oc4cccc(Cl)c4)n3CC)c2C#N)C1. The Morgan fingerprint density at radius 1 is 1.43 bits per heavy atom. The van der Waals surface area contributed by atoms with E-state index in [1.165, 1.54) is 16.6 Å². The highest BCUT2D eigenvalue weighted by Gasteiger charge is 2.26. The maximum Gasteiger partial charge on any atom is 0.235 e. The number of hydrogen-bond donors (Lipinski definition) is 1. The molecule has 1 aromatic carbocycles. The van der Waals surface area contributed by atoms with Crippen molar-refractivity contribution in [2.75, 3.05) is 11.1 Å². The Morgan fingerprint density at radius 3 is 2.97 bits per heavy atom. The lowest BCUT2D eigenvalue weighted by Crippen LogP contribution is -2.15. The number of thiophene rings is 1. The smallest absolute Gasteiger partial charge is 0.235 e. The fourth-order valence-corrected chi connectivity index (χ4v) is 6.62. The lowest BCUT2D eigenvalue weighted by Gasteiger charge is -2.20. The van der Waals surface area contributed by atoms with Crippen LogP contribution in [0, 0.1) is 17.2 Å². The van der Waals surface area contributed by atoms with E-state index in [4.69, 9.17) is 16.3 Å². The van der Waals surface area contributed by atoms with Crippen molar-refractivity contribution in [2.24, 2.45) is 5.92 Å². The molecule has 1 N–H and O–H groups in total. The number of thioether (sulfide) groups is 1. The highest BCUT2D eigenvalue weighted by atomic mass is 35.5. The molecule has 35 heavy (non-hydrogen) atoms. The van der Waals surface area contributed by atoms with Crippen molar-refractivity contribution in [3.05, 3.63) is 51.1 Å². The van der Waals surface area contributed by atoms with Crippen molar-refractivity contribution < 1.29 is 9.53 Å². The van der Waals surface area contributed by atoms with Crippen LogP contribution >= 0.6 is 34.7 Å². The van der Waals surface area contributed by atoms with Crippen LogP contribution in [0.25, 0.3) is 0 Å². The molecule has 0 radical (unpaired) electrons. The Kier molecular flexibility index (Phi) is 8.37. The number of fused-ring (bicyclic) bond motifs is 1. The van der Waals surface area contributed by atoms with Gasteiger partial charge in [0.1, 0.15) is 16.8 Å². The summed E-state index contributed by atoms with van der Waals surface area (Å²) in [5.74, 6) is 2.01. The van der Waals surface area contributed by atoms with Crippen molar-refractivity contribution in [3.63, 3.8) is 0 Å². The second kappa shape index (κ2) is 11.5. The van der Waals surface area contributed by atoms with Gasteiger partial charge in [-0.05, 0) is 62.8 Å². The third-order valence-corrected chi connectivity index (χ3v) is 8.55. The Hall–Kier alpha value is -2.54. The summed E-state index contributed by atoms with van der Waals surface area (Å²) in [6, 6.07) is 9.54. The van der Waals surface area contributed by atoms with Crippen molar-refractivity contribution >= 4 is 45.6 Å². The Balaban J connectivity index is 1.40. The molecule has 2 aromatic heterocycles. The third-order valence-electron chi connectivity index (χ3n) is 6.18. The summed E-state index contributed by atoms with van der Waals surface area (Å²) in [5, 5.41) is 23.2. The van der Waals surface area contributed by atoms with Gasteiger partial charge < -0.3 is 14.6 Å². The second-order valence-electron chi connectivity index (χ2n) is 8.48. The maximum absolute atomic E-state index is 12.8. The molecule has 0 aliphatic heterocycles. The van der Waals surface area contributed by atoms with Crippen molar-refractivity contribution in [1.82, 2.24) is 14.8 Å². The first kappa shape index (κ1) is 25.5. The zero-order chi connectivity index (χ0) is 24.9. The second-order valence-corrected chi connectivity index (χ2v) is 11.0. The number of carbonyl (C=O) groups excluding carboxylic acids is 1. The van der Waals surface area contributed by atoms with E-state index in [1.807, 2.05) is 30.5 Å². The molecule has 1 aliphatic rings. The molecule has 1 amide bonds. The molecule has 2 heterocycles. The number of anilines is 1. The Bertz CT molecular complexity index is 1250. The highest BCUT2D eigenvalue weighted by molar-refractivity contribution is 7.99. The van der Waals surface area contributed by atoms with Crippen LogP contribution < -0.4 is 10.1 Å². The molecule has 0 bridgehead atoms. The first-order valence-corrected chi connectivity index (χ1v) is 13.9. The van der Waals surface area contributed by atoms with E-state index in [9.17, 15) is 10.1 Å². The summed E-state index contributed by atoms with van der Waals surface area (Å²) < 4.78 is 7.94. The molecule has 0 saturated heterocycles. The van der Waals surface area contributed by atoms with Gasteiger partial charge in [0.2, 0.25) is 5.91 Å². The van der Waals surface area contributed by atoms with Gasteiger partial charge >= 0.3 is 0 Å². The van der Waals surface area contributed by atoms with E-state index in [0.29, 0.717) is 44.8 Å². The van der Waals surface area contributed by atoms with Crippen LogP contribution in [0.2, 0.25) is 5.02 Å². The molecule has 0 saturated carbocycles. The van der Waals surface area contributed by atoms with E-state index in [2.05, 4.69) is 28.5 Å². The van der Waals surface area contributed by atoms with Crippen molar-refractivity contribution in [1.29, 1.82) is 5.26 Å².